The fourth-order valence-electron chi connectivity index (χ4n) is 1.86. The molecule has 2 N–H and O–H groups in total. The van der Waals surface area contributed by atoms with Gasteiger partial charge in [-0.25, -0.2) is 9.97 Å². The molecule has 0 amide bonds. The molecule has 3 rings (SSSR count). The van der Waals surface area contributed by atoms with Crippen LogP contribution in [-0.4, -0.2) is 41.6 Å². The molecule has 0 fully saturated rings. The number of nitrogens with zero attached hydrogens (tertiary/aromatic N) is 7. The number of hydrogen-bond donors (Lipinski definition) is 1. The van der Waals surface area contributed by atoms with Gasteiger partial charge in [-0.2, -0.15) is 4.98 Å². The van der Waals surface area contributed by atoms with Gasteiger partial charge in [-0.05, 0) is 0 Å². The summed E-state index contributed by atoms with van der Waals surface area (Å²) in [6.45, 7) is 1.22. The second-order valence-corrected chi connectivity index (χ2v) is 3.84. The Kier molecular flexibility index (Phi) is 2.71. The summed E-state index contributed by atoms with van der Waals surface area (Å²) in [5, 5.41) is 7.64. The number of anilines is 1. The van der Waals surface area contributed by atoms with Gasteiger partial charge in [0.15, 0.2) is 11.2 Å². The van der Waals surface area contributed by atoms with Crippen LogP contribution in [0.3, 0.4) is 0 Å². The second-order valence-electron chi connectivity index (χ2n) is 3.84. The van der Waals surface area contributed by atoms with Crippen molar-refractivity contribution in [3.63, 3.8) is 0 Å². The molecule has 0 spiro atoms. The van der Waals surface area contributed by atoms with E-state index in [1.165, 1.54) is 13.4 Å². The predicted octanol–water partition coefficient (Wildman–Crippen LogP) is -0.291. The number of methoxy groups -OCH3 is 1. The van der Waals surface area contributed by atoms with E-state index < -0.39 is 0 Å². The van der Waals surface area contributed by atoms with Crippen molar-refractivity contribution in [2.45, 2.75) is 13.1 Å². The Bertz CT molecular complexity index is 689. The van der Waals surface area contributed by atoms with Gasteiger partial charge in [-0.3, -0.25) is 9.25 Å². The van der Waals surface area contributed by atoms with Gasteiger partial charge in [0.25, 0.3) is 0 Å². The van der Waals surface area contributed by atoms with Gasteiger partial charge in [0.05, 0.1) is 19.9 Å². The zero-order chi connectivity index (χ0) is 13.2. The maximum Gasteiger partial charge on any atom is 0.245 e. The van der Waals surface area contributed by atoms with Crippen molar-refractivity contribution in [2.75, 3.05) is 12.8 Å². The van der Waals surface area contributed by atoms with Crippen LogP contribution < -0.4 is 10.5 Å². The highest BCUT2D eigenvalue weighted by atomic mass is 16.5. The lowest BCUT2D eigenvalue weighted by Gasteiger charge is -2.05. The largest absolute Gasteiger partial charge is 0.479 e. The van der Waals surface area contributed by atoms with Crippen LogP contribution in [0.25, 0.3) is 11.2 Å². The number of aryl methyl sites for hydroxylation is 2. The highest BCUT2D eigenvalue weighted by Gasteiger charge is 2.14. The van der Waals surface area contributed by atoms with Crippen LogP contribution in [0.15, 0.2) is 18.7 Å². The van der Waals surface area contributed by atoms with Gasteiger partial charge >= 0.3 is 0 Å². The van der Waals surface area contributed by atoms with Crippen LogP contribution in [0, 0.1) is 0 Å². The first-order valence-electron chi connectivity index (χ1n) is 5.64. The fourth-order valence-corrected chi connectivity index (χ4v) is 1.86. The van der Waals surface area contributed by atoms with E-state index in [1.807, 2.05) is 0 Å². The quantitative estimate of drug-likeness (QED) is 0.686. The van der Waals surface area contributed by atoms with Gasteiger partial charge in [-0.1, -0.05) is 5.21 Å². The van der Waals surface area contributed by atoms with E-state index in [-0.39, 0.29) is 0 Å². The molecular weight excluding hydrogens is 248 g/mol. The molecule has 0 aliphatic rings. The Hall–Kier alpha value is -2.71. The third-order valence-corrected chi connectivity index (χ3v) is 2.75. The van der Waals surface area contributed by atoms with Gasteiger partial charge in [0.1, 0.15) is 6.33 Å². The monoisotopic (exact) mass is 260 g/mol. The second kappa shape index (κ2) is 4.52. The lowest BCUT2D eigenvalue weighted by Crippen LogP contribution is -2.11. The molecule has 0 bridgehead atoms. The smallest absolute Gasteiger partial charge is 0.245 e. The Morgan fingerprint density at radius 1 is 1.32 bits per heavy atom. The number of aromatic nitrogens is 7. The summed E-state index contributed by atoms with van der Waals surface area (Å²) in [6, 6.07) is 0. The molecule has 0 radical (unpaired) electrons. The number of ether oxygens (including phenoxy) is 1. The van der Waals surface area contributed by atoms with Crippen molar-refractivity contribution < 1.29 is 4.74 Å². The first kappa shape index (κ1) is 11.4. The molecule has 19 heavy (non-hydrogen) atoms. The van der Waals surface area contributed by atoms with E-state index in [0.29, 0.717) is 36.1 Å². The summed E-state index contributed by atoms with van der Waals surface area (Å²) in [6.07, 6.45) is 4.83. The summed E-state index contributed by atoms with van der Waals surface area (Å²) in [7, 11) is 1.53. The van der Waals surface area contributed by atoms with Crippen molar-refractivity contribution in [1.29, 1.82) is 0 Å². The maximum atomic E-state index is 5.90. The first-order chi connectivity index (χ1) is 9.29. The average molecular weight is 260 g/mol. The lowest BCUT2D eigenvalue weighted by molar-refractivity contribution is 0.401. The summed E-state index contributed by atoms with van der Waals surface area (Å²) in [4.78, 5) is 12.4. The summed E-state index contributed by atoms with van der Waals surface area (Å²) >= 11 is 0. The number of rotatable bonds is 4. The third-order valence-electron chi connectivity index (χ3n) is 2.75. The zero-order valence-corrected chi connectivity index (χ0v) is 10.3. The highest BCUT2D eigenvalue weighted by molar-refractivity contribution is 5.78. The van der Waals surface area contributed by atoms with E-state index in [9.17, 15) is 0 Å². The summed E-state index contributed by atoms with van der Waals surface area (Å²) in [5.74, 6) is 0.783. The average Bonchev–Trinajstić information content (AvgIpc) is 3.03. The van der Waals surface area contributed by atoms with Gasteiger partial charge in [0, 0.05) is 12.7 Å². The SMILES string of the molecule is COc1ncnc2c1nc(N)n2CCn1ccnn1. The Morgan fingerprint density at radius 3 is 2.95 bits per heavy atom. The van der Waals surface area contributed by atoms with Crippen LogP contribution in [0.1, 0.15) is 0 Å². The number of fused-ring (bicyclic) bond motifs is 1. The normalized spacial score (nSPS) is 11.0. The summed E-state index contributed by atoms with van der Waals surface area (Å²) in [5.41, 5.74) is 7.10. The molecule has 0 unspecified atom stereocenters. The van der Waals surface area contributed by atoms with Crippen LogP contribution in [-0.2, 0) is 13.1 Å². The topological polar surface area (TPSA) is 110 Å². The Morgan fingerprint density at radius 2 is 2.21 bits per heavy atom. The van der Waals surface area contributed by atoms with Crippen LogP contribution in [0.4, 0.5) is 5.95 Å². The van der Waals surface area contributed by atoms with Crippen LogP contribution >= 0.6 is 0 Å². The Labute approximate surface area is 108 Å². The van der Waals surface area contributed by atoms with Crippen LogP contribution in [0.5, 0.6) is 5.88 Å². The van der Waals surface area contributed by atoms with E-state index in [2.05, 4.69) is 25.3 Å². The van der Waals surface area contributed by atoms with Crippen molar-refractivity contribution in [3.8, 4) is 5.88 Å². The minimum atomic E-state index is 0.369. The molecule has 3 aromatic heterocycles. The molecule has 0 aliphatic heterocycles. The number of imidazole rings is 1. The molecule has 0 saturated carbocycles. The van der Waals surface area contributed by atoms with Crippen molar-refractivity contribution in [2.24, 2.45) is 0 Å². The molecule has 0 saturated heterocycles. The summed E-state index contributed by atoms with van der Waals surface area (Å²) < 4.78 is 8.64. The molecule has 0 aliphatic carbocycles. The fraction of sp³-hybridized carbons (Fsp3) is 0.300. The van der Waals surface area contributed by atoms with Crippen LogP contribution in [0.2, 0.25) is 0 Å². The van der Waals surface area contributed by atoms with E-state index in [1.54, 1.807) is 21.6 Å². The van der Waals surface area contributed by atoms with E-state index in [4.69, 9.17) is 10.5 Å². The van der Waals surface area contributed by atoms with Crippen molar-refractivity contribution >= 4 is 17.1 Å². The third kappa shape index (κ3) is 1.94. The minimum absolute atomic E-state index is 0.369. The van der Waals surface area contributed by atoms with Gasteiger partial charge < -0.3 is 10.5 Å². The molecule has 98 valence electrons. The molecule has 9 nitrogen and oxygen atoms in total. The minimum Gasteiger partial charge on any atom is -0.479 e. The zero-order valence-electron chi connectivity index (χ0n) is 10.3. The van der Waals surface area contributed by atoms with Crippen molar-refractivity contribution in [1.82, 2.24) is 34.5 Å². The first-order valence-corrected chi connectivity index (χ1v) is 5.64. The number of nitrogens with two attached hydrogens (primary N) is 1. The van der Waals surface area contributed by atoms with Gasteiger partial charge in [0.2, 0.25) is 11.8 Å². The van der Waals surface area contributed by atoms with E-state index in [0.717, 1.165) is 0 Å². The Balaban J connectivity index is 1.96. The molecular formula is C10H12N8O. The maximum absolute atomic E-state index is 5.90. The molecule has 0 aromatic carbocycles. The predicted molar refractivity (Wildman–Crippen MR) is 66.3 cm³/mol. The van der Waals surface area contributed by atoms with E-state index >= 15 is 0 Å². The molecule has 0 atom stereocenters. The lowest BCUT2D eigenvalue weighted by atomic mass is 10.5. The molecule has 3 heterocycles. The standard InChI is InChI=1S/C10H12N8O/c1-19-9-7-8(12-6-13-9)18(10(11)15-7)5-4-17-3-2-14-16-17/h2-3,6H,4-5H2,1H3,(H2,11,15). The highest BCUT2D eigenvalue weighted by Crippen LogP contribution is 2.22. The number of nitrogen functional groups attached to an aromatic ring is 1. The van der Waals surface area contributed by atoms with Gasteiger partial charge in [-0.15, -0.1) is 5.10 Å². The molecule has 3 aromatic rings. The number of hydrogen-bond acceptors (Lipinski definition) is 7. The molecule has 9 heteroatoms. The van der Waals surface area contributed by atoms with Crippen molar-refractivity contribution in [3.05, 3.63) is 18.7 Å².